The van der Waals surface area contributed by atoms with Gasteiger partial charge in [0.05, 0.1) is 6.42 Å². The number of likely N-dealkylation sites (tertiary alicyclic amines) is 2. The Hall–Kier alpha value is -3.56. The Kier molecular flexibility index (Phi) is 5.90. The van der Waals surface area contributed by atoms with Crippen molar-refractivity contribution in [3.05, 3.63) is 59.2 Å². The molecule has 7 nitrogen and oxygen atoms in total. The molecule has 2 fully saturated rings. The molecule has 0 N–H and O–H groups in total. The van der Waals surface area contributed by atoms with Crippen LogP contribution in [0, 0.1) is 11.8 Å². The first-order chi connectivity index (χ1) is 16.6. The summed E-state index contributed by atoms with van der Waals surface area (Å²) in [6.07, 6.45) is -3.83. The van der Waals surface area contributed by atoms with Crippen LogP contribution in [0.15, 0.2) is 42.5 Å². The van der Waals surface area contributed by atoms with Crippen molar-refractivity contribution in [1.29, 1.82) is 0 Å². The number of carbonyl (C=O) groups excluding carboxylic acids is 3. The summed E-state index contributed by atoms with van der Waals surface area (Å²) in [5, 5.41) is 0. The van der Waals surface area contributed by atoms with Gasteiger partial charge in [0.25, 0.3) is 5.91 Å². The van der Waals surface area contributed by atoms with Gasteiger partial charge in [-0.1, -0.05) is 18.2 Å². The molecule has 0 bridgehead atoms. The van der Waals surface area contributed by atoms with Crippen LogP contribution in [0.25, 0.3) is 0 Å². The number of nitrogens with zero attached hydrogens (tertiary/aromatic N) is 2. The van der Waals surface area contributed by atoms with Gasteiger partial charge in [0.1, 0.15) is 11.5 Å². The largest absolute Gasteiger partial charge is 0.573 e. The Balaban J connectivity index is 1.11. The van der Waals surface area contributed by atoms with Gasteiger partial charge in [0.2, 0.25) is 5.91 Å². The van der Waals surface area contributed by atoms with Gasteiger partial charge in [0.15, 0.2) is 0 Å². The summed E-state index contributed by atoms with van der Waals surface area (Å²) < 4.78 is 45.8. The van der Waals surface area contributed by atoms with E-state index in [2.05, 4.69) is 4.74 Å². The zero-order chi connectivity index (χ0) is 24.7. The number of aryl methyl sites for hydroxylation is 1. The monoisotopic (exact) mass is 488 g/mol. The van der Waals surface area contributed by atoms with Crippen molar-refractivity contribution in [2.75, 3.05) is 26.2 Å². The number of esters is 1. The predicted molar refractivity (Wildman–Crippen MR) is 117 cm³/mol. The summed E-state index contributed by atoms with van der Waals surface area (Å²) in [4.78, 5) is 40.7. The summed E-state index contributed by atoms with van der Waals surface area (Å²) in [6, 6.07) is 10.6. The summed E-state index contributed by atoms with van der Waals surface area (Å²) in [5.74, 6) is 0.120. The smallest absolute Gasteiger partial charge is 0.426 e. The molecule has 2 atom stereocenters. The average Bonchev–Trinajstić information content (AvgIpc) is 3.48. The molecule has 2 amide bonds. The minimum Gasteiger partial charge on any atom is -0.426 e. The van der Waals surface area contributed by atoms with Crippen LogP contribution in [-0.2, 0) is 22.4 Å². The first-order valence-electron chi connectivity index (χ1n) is 11.4. The van der Waals surface area contributed by atoms with E-state index >= 15 is 0 Å². The SMILES string of the molecule is O=C1Cc2ccc(C(=O)N3C[C@H]4CN(C(=O)CCc5ccc(OC(F)(F)F)cc5)C[C@@H]4C3)cc2O1. The predicted octanol–water partition coefficient (Wildman–Crippen LogP) is 3.21. The zero-order valence-electron chi connectivity index (χ0n) is 18.7. The number of halogens is 3. The lowest BCUT2D eigenvalue weighted by Crippen LogP contribution is -2.35. The fourth-order valence-electron chi connectivity index (χ4n) is 5.06. The second kappa shape index (κ2) is 8.90. The highest BCUT2D eigenvalue weighted by atomic mass is 19.4. The van der Waals surface area contributed by atoms with Crippen LogP contribution in [-0.4, -0.2) is 60.1 Å². The van der Waals surface area contributed by atoms with Gasteiger partial charge in [-0.2, -0.15) is 0 Å². The number of hydrogen-bond donors (Lipinski definition) is 0. The molecule has 3 aliphatic heterocycles. The van der Waals surface area contributed by atoms with Gasteiger partial charge in [-0.3, -0.25) is 14.4 Å². The number of rotatable bonds is 5. The Morgan fingerprint density at radius 2 is 1.63 bits per heavy atom. The molecular formula is C25H23F3N2O5. The molecule has 10 heteroatoms. The molecule has 0 spiro atoms. The number of fused-ring (bicyclic) bond motifs is 2. The molecule has 184 valence electrons. The molecule has 0 unspecified atom stereocenters. The maximum Gasteiger partial charge on any atom is 0.573 e. The normalized spacial score (nSPS) is 21.1. The third-order valence-corrected chi connectivity index (χ3v) is 6.78. The van der Waals surface area contributed by atoms with Crippen LogP contribution >= 0.6 is 0 Å². The maximum atomic E-state index is 13.0. The quantitative estimate of drug-likeness (QED) is 0.477. The van der Waals surface area contributed by atoms with Gasteiger partial charge in [0, 0.05) is 55.6 Å². The average molecular weight is 488 g/mol. The standard InChI is InChI=1S/C25H23F3N2O5/c26-25(27,28)35-20-6-1-15(2-7-20)3-8-22(31)29-11-18-13-30(14-19(18)12-29)24(33)17-5-4-16-10-23(32)34-21(16)9-17/h1-2,4-7,9,18-19H,3,8,10-14H2/t18-,19-/m1/s1. The van der Waals surface area contributed by atoms with E-state index in [1.54, 1.807) is 23.1 Å². The van der Waals surface area contributed by atoms with E-state index in [0.717, 1.165) is 11.1 Å². The fourth-order valence-corrected chi connectivity index (χ4v) is 5.06. The lowest BCUT2D eigenvalue weighted by atomic mass is 10.0. The molecule has 0 radical (unpaired) electrons. The first kappa shape index (κ1) is 23.2. The van der Waals surface area contributed by atoms with Gasteiger partial charge in [-0.05, 0) is 36.2 Å². The van der Waals surface area contributed by atoms with Crippen molar-refractivity contribution in [1.82, 2.24) is 9.80 Å². The molecule has 0 aliphatic carbocycles. The van der Waals surface area contributed by atoms with Crippen molar-refractivity contribution in [2.24, 2.45) is 11.8 Å². The number of benzene rings is 2. The second-order valence-electron chi connectivity index (χ2n) is 9.19. The molecule has 5 rings (SSSR count). The second-order valence-corrected chi connectivity index (χ2v) is 9.19. The molecule has 0 saturated carbocycles. The summed E-state index contributed by atoms with van der Waals surface area (Å²) in [7, 11) is 0. The fraction of sp³-hybridized carbons (Fsp3) is 0.400. The molecular weight excluding hydrogens is 465 g/mol. The van der Waals surface area contributed by atoms with E-state index < -0.39 is 6.36 Å². The van der Waals surface area contributed by atoms with Crippen molar-refractivity contribution in [3.8, 4) is 11.5 Å². The molecule has 35 heavy (non-hydrogen) atoms. The maximum absolute atomic E-state index is 13.0. The molecule has 2 aromatic carbocycles. The van der Waals surface area contributed by atoms with E-state index in [0.29, 0.717) is 43.9 Å². The summed E-state index contributed by atoms with van der Waals surface area (Å²) in [6.45, 7) is 2.27. The van der Waals surface area contributed by atoms with Gasteiger partial charge in [-0.25, -0.2) is 0 Å². The first-order valence-corrected chi connectivity index (χ1v) is 11.4. The number of ether oxygens (including phenoxy) is 2. The van der Waals surface area contributed by atoms with Gasteiger partial charge >= 0.3 is 12.3 Å². The van der Waals surface area contributed by atoms with Crippen LogP contribution in [0.2, 0.25) is 0 Å². The zero-order valence-corrected chi connectivity index (χ0v) is 18.7. The minimum absolute atomic E-state index is 0.00617. The van der Waals surface area contributed by atoms with Gasteiger partial charge < -0.3 is 19.3 Å². The van der Waals surface area contributed by atoms with Gasteiger partial charge in [-0.15, -0.1) is 13.2 Å². The van der Waals surface area contributed by atoms with Crippen LogP contribution in [0.4, 0.5) is 13.2 Å². The van der Waals surface area contributed by atoms with E-state index in [9.17, 15) is 27.6 Å². The molecule has 2 saturated heterocycles. The van der Waals surface area contributed by atoms with E-state index in [1.165, 1.54) is 24.3 Å². The highest BCUT2D eigenvalue weighted by Crippen LogP contribution is 2.34. The summed E-state index contributed by atoms with van der Waals surface area (Å²) >= 11 is 0. The Morgan fingerprint density at radius 3 is 2.29 bits per heavy atom. The lowest BCUT2D eigenvalue weighted by molar-refractivity contribution is -0.274. The van der Waals surface area contributed by atoms with Crippen molar-refractivity contribution in [3.63, 3.8) is 0 Å². The molecule has 3 aliphatic rings. The summed E-state index contributed by atoms with van der Waals surface area (Å²) in [5.41, 5.74) is 2.02. The van der Waals surface area contributed by atoms with Crippen LogP contribution in [0.5, 0.6) is 11.5 Å². The Morgan fingerprint density at radius 1 is 0.971 bits per heavy atom. The molecule has 3 heterocycles. The topological polar surface area (TPSA) is 76.2 Å². The van der Waals surface area contributed by atoms with E-state index in [4.69, 9.17) is 4.74 Å². The number of alkyl halides is 3. The highest BCUT2D eigenvalue weighted by Gasteiger charge is 2.43. The van der Waals surface area contributed by atoms with Crippen molar-refractivity contribution >= 4 is 17.8 Å². The number of carbonyl (C=O) groups is 3. The van der Waals surface area contributed by atoms with Crippen LogP contribution in [0.3, 0.4) is 0 Å². The Labute approximate surface area is 199 Å². The van der Waals surface area contributed by atoms with Crippen molar-refractivity contribution in [2.45, 2.75) is 25.6 Å². The third-order valence-electron chi connectivity index (χ3n) is 6.78. The number of hydrogen-bond acceptors (Lipinski definition) is 5. The molecule has 0 aromatic heterocycles. The highest BCUT2D eigenvalue weighted by molar-refractivity contribution is 5.96. The minimum atomic E-state index is -4.73. The van der Waals surface area contributed by atoms with Crippen LogP contribution < -0.4 is 9.47 Å². The van der Waals surface area contributed by atoms with Crippen molar-refractivity contribution < 1.29 is 37.0 Å². The Bertz CT molecular complexity index is 1150. The number of amides is 2. The van der Waals surface area contributed by atoms with E-state index in [1.807, 2.05) is 4.90 Å². The van der Waals surface area contributed by atoms with E-state index in [-0.39, 0.29) is 48.2 Å². The third kappa shape index (κ3) is 5.11. The lowest BCUT2D eigenvalue weighted by Gasteiger charge is -2.22. The van der Waals surface area contributed by atoms with Crippen LogP contribution in [0.1, 0.15) is 27.9 Å². The molecule has 2 aromatic rings.